The molecule has 2 aromatic carbocycles. The van der Waals surface area contributed by atoms with Crippen LogP contribution in [0.1, 0.15) is 45.5 Å². The Labute approximate surface area is 192 Å². The second kappa shape index (κ2) is 9.83. The van der Waals surface area contributed by atoms with Crippen LogP contribution in [-0.4, -0.2) is 29.9 Å². The number of anilines is 2. The molecular weight excluding hydrogens is 424 g/mol. The zero-order valence-corrected chi connectivity index (χ0v) is 18.4. The van der Waals surface area contributed by atoms with Crippen molar-refractivity contribution < 1.29 is 9.59 Å². The molecule has 0 unspecified atom stereocenters. The van der Waals surface area contributed by atoms with Crippen molar-refractivity contribution in [3.63, 3.8) is 0 Å². The Balaban J connectivity index is 1.72. The van der Waals surface area contributed by atoms with E-state index in [2.05, 4.69) is 15.2 Å². The van der Waals surface area contributed by atoms with E-state index in [1.54, 1.807) is 30.5 Å². The standard InChI is InChI=1S/C25H25ClN4O2/c26-16-17-5-4-6-19(13-17)25(32)29-22-8-7-20(30-11-2-1-3-12-30)15-21(22)23-14-18(24(27)31)9-10-28-23/h4-10,13-15H,1-3,11-12,16H2,(H2,27,31)(H,29,32). The summed E-state index contributed by atoms with van der Waals surface area (Å²) in [5.41, 5.74) is 10.2. The van der Waals surface area contributed by atoms with Crippen molar-refractivity contribution in [3.8, 4) is 11.3 Å². The van der Waals surface area contributed by atoms with Crippen LogP contribution in [0.5, 0.6) is 0 Å². The van der Waals surface area contributed by atoms with E-state index in [1.165, 1.54) is 6.42 Å². The normalized spacial score (nSPS) is 13.6. The molecule has 6 nitrogen and oxygen atoms in total. The molecule has 3 N–H and O–H groups in total. The Bertz CT molecular complexity index is 1140. The molecule has 0 bridgehead atoms. The topological polar surface area (TPSA) is 88.3 Å². The number of rotatable bonds is 6. The predicted octanol–water partition coefficient (Wildman–Crippen LogP) is 4.83. The first-order valence-electron chi connectivity index (χ1n) is 10.7. The maximum absolute atomic E-state index is 13.0. The van der Waals surface area contributed by atoms with Crippen LogP contribution in [0.15, 0.2) is 60.8 Å². The Morgan fingerprint density at radius 2 is 1.81 bits per heavy atom. The van der Waals surface area contributed by atoms with Crippen molar-refractivity contribution in [1.82, 2.24) is 4.98 Å². The number of halogens is 1. The number of nitrogens with two attached hydrogens (primary N) is 1. The molecule has 2 amide bonds. The number of hydrogen-bond acceptors (Lipinski definition) is 4. The van der Waals surface area contributed by atoms with Gasteiger partial charge in [-0.25, -0.2) is 0 Å². The van der Waals surface area contributed by atoms with Crippen LogP contribution in [-0.2, 0) is 5.88 Å². The van der Waals surface area contributed by atoms with Crippen molar-refractivity contribution in [2.45, 2.75) is 25.1 Å². The van der Waals surface area contributed by atoms with E-state index in [0.717, 1.165) is 42.7 Å². The van der Waals surface area contributed by atoms with Gasteiger partial charge in [-0.3, -0.25) is 14.6 Å². The summed E-state index contributed by atoms with van der Waals surface area (Å²) in [5.74, 6) is -0.430. The van der Waals surface area contributed by atoms with Crippen molar-refractivity contribution >= 4 is 34.8 Å². The Kier molecular flexibility index (Phi) is 6.71. The Morgan fingerprint density at radius 3 is 2.56 bits per heavy atom. The summed E-state index contributed by atoms with van der Waals surface area (Å²) in [7, 11) is 0. The molecule has 0 atom stereocenters. The lowest BCUT2D eigenvalue weighted by Crippen LogP contribution is -2.29. The molecule has 0 aliphatic carbocycles. The molecule has 0 spiro atoms. The van der Waals surface area contributed by atoms with Crippen molar-refractivity contribution in [2.24, 2.45) is 5.73 Å². The van der Waals surface area contributed by atoms with Crippen LogP contribution in [0.2, 0.25) is 0 Å². The molecule has 1 aromatic heterocycles. The van der Waals surface area contributed by atoms with E-state index in [9.17, 15) is 9.59 Å². The van der Waals surface area contributed by atoms with Gasteiger partial charge >= 0.3 is 0 Å². The van der Waals surface area contributed by atoms with Gasteiger partial charge in [0.25, 0.3) is 5.91 Å². The number of alkyl halides is 1. The molecule has 164 valence electrons. The van der Waals surface area contributed by atoms with Gasteiger partial charge in [0.1, 0.15) is 0 Å². The van der Waals surface area contributed by atoms with Gasteiger partial charge < -0.3 is 16.0 Å². The number of piperidine rings is 1. The maximum atomic E-state index is 13.0. The minimum absolute atomic E-state index is 0.241. The highest BCUT2D eigenvalue weighted by atomic mass is 35.5. The first kappa shape index (κ1) is 21.8. The average Bonchev–Trinajstić information content (AvgIpc) is 2.85. The molecule has 32 heavy (non-hydrogen) atoms. The Hall–Kier alpha value is -3.38. The van der Waals surface area contributed by atoms with E-state index < -0.39 is 5.91 Å². The van der Waals surface area contributed by atoms with Crippen LogP contribution in [0.4, 0.5) is 11.4 Å². The molecule has 1 aliphatic rings. The summed E-state index contributed by atoms with van der Waals surface area (Å²) >= 11 is 5.92. The summed E-state index contributed by atoms with van der Waals surface area (Å²) in [5, 5.41) is 3.00. The molecule has 7 heteroatoms. The quantitative estimate of drug-likeness (QED) is 0.528. The maximum Gasteiger partial charge on any atom is 0.255 e. The fourth-order valence-electron chi connectivity index (χ4n) is 3.92. The molecule has 4 rings (SSSR count). The number of amides is 2. The van der Waals surface area contributed by atoms with Crippen molar-refractivity contribution in [3.05, 3.63) is 77.5 Å². The van der Waals surface area contributed by atoms with E-state index in [4.69, 9.17) is 17.3 Å². The van der Waals surface area contributed by atoms with Gasteiger partial charge in [0.15, 0.2) is 0 Å². The third kappa shape index (κ3) is 4.92. The summed E-state index contributed by atoms with van der Waals surface area (Å²) in [6.45, 7) is 1.98. The lowest BCUT2D eigenvalue weighted by atomic mass is 10.0. The number of nitrogens with one attached hydrogen (secondary N) is 1. The smallest absolute Gasteiger partial charge is 0.255 e. The number of benzene rings is 2. The lowest BCUT2D eigenvalue weighted by Gasteiger charge is -2.29. The second-order valence-electron chi connectivity index (χ2n) is 7.86. The summed E-state index contributed by atoms with van der Waals surface area (Å²) in [6.07, 6.45) is 5.10. The molecule has 1 saturated heterocycles. The highest BCUT2D eigenvalue weighted by Gasteiger charge is 2.17. The van der Waals surface area contributed by atoms with E-state index in [1.807, 2.05) is 30.3 Å². The number of carbonyl (C=O) groups excluding carboxylic acids is 2. The molecule has 0 saturated carbocycles. The third-order valence-corrected chi connectivity index (χ3v) is 5.95. The fraction of sp³-hybridized carbons (Fsp3) is 0.240. The zero-order chi connectivity index (χ0) is 22.5. The Morgan fingerprint density at radius 1 is 1.00 bits per heavy atom. The van der Waals surface area contributed by atoms with Gasteiger partial charge in [-0.2, -0.15) is 0 Å². The first-order valence-corrected chi connectivity index (χ1v) is 11.2. The molecule has 1 fully saturated rings. The zero-order valence-electron chi connectivity index (χ0n) is 17.7. The molecular formula is C25H25ClN4O2. The van der Waals surface area contributed by atoms with Gasteiger partial charge in [-0.15, -0.1) is 11.6 Å². The summed E-state index contributed by atoms with van der Waals surface area (Å²) in [4.78, 5) is 31.5. The van der Waals surface area contributed by atoms with Gasteiger partial charge in [0.2, 0.25) is 5.91 Å². The number of carbonyl (C=O) groups is 2. The lowest BCUT2D eigenvalue weighted by molar-refractivity contribution is 0.0997. The average molecular weight is 449 g/mol. The molecule has 3 aromatic rings. The highest BCUT2D eigenvalue weighted by molar-refractivity contribution is 6.17. The predicted molar refractivity (Wildman–Crippen MR) is 128 cm³/mol. The SMILES string of the molecule is NC(=O)c1ccnc(-c2cc(N3CCCCC3)ccc2NC(=O)c2cccc(CCl)c2)c1. The van der Waals surface area contributed by atoms with Gasteiger partial charge in [0.05, 0.1) is 11.4 Å². The summed E-state index contributed by atoms with van der Waals surface area (Å²) in [6, 6.07) is 16.4. The number of hydrogen-bond donors (Lipinski definition) is 2. The molecule has 2 heterocycles. The second-order valence-corrected chi connectivity index (χ2v) is 8.13. The van der Waals surface area contributed by atoms with Gasteiger partial charge in [0, 0.05) is 47.5 Å². The van der Waals surface area contributed by atoms with Crippen LogP contribution < -0.4 is 16.0 Å². The largest absolute Gasteiger partial charge is 0.372 e. The highest BCUT2D eigenvalue weighted by Crippen LogP contribution is 2.33. The fourth-order valence-corrected chi connectivity index (χ4v) is 4.09. The number of aromatic nitrogens is 1. The minimum atomic E-state index is -0.524. The first-order chi connectivity index (χ1) is 15.5. The number of primary amides is 1. The molecule has 0 radical (unpaired) electrons. The third-order valence-electron chi connectivity index (χ3n) is 5.64. The van der Waals surface area contributed by atoms with Gasteiger partial charge in [-0.1, -0.05) is 12.1 Å². The van der Waals surface area contributed by atoms with E-state index in [0.29, 0.717) is 28.4 Å². The van der Waals surface area contributed by atoms with Crippen LogP contribution >= 0.6 is 11.6 Å². The van der Waals surface area contributed by atoms with Crippen LogP contribution in [0.3, 0.4) is 0 Å². The van der Waals surface area contributed by atoms with Crippen molar-refractivity contribution in [1.29, 1.82) is 0 Å². The monoisotopic (exact) mass is 448 g/mol. The summed E-state index contributed by atoms with van der Waals surface area (Å²) < 4.78 is 0. The number of pyridine rings is 1. The van der Waals surface area contributed by atoms with Crippen LogP contribution in [0.25, 0.3) is 11.3 Å². The van der Waals surface area contributed by atoms with E-state index in [-0.39, 0.29) is 5.91 Å². The van der Waals surface area contributed by atoms with Gasteiger partial charge in [-0.05, 0) is 67.3 Å². The van der Waals surface area contributed by atoms with Crippen molar-refractivity contribution in [2.75, 3.05) is 23.3 Å². The van der Waals surface area contributed by atoms with Crippen LogP contribution in [0, 0.1) is 0 Å². The minimum Gasteiger partial charge on any atom is -0.372 e. The number of nitrogens with zero attached hydrogens (tertiary/aromatic N) is 2. The molecule has 1 aliphatic heterocycles. The van der Waals surface area contributed by atoms with E-state index >= 15 is 0 Å².